The highest BCUT2D eigenvalue weighted by molar-refractivity contribution is 7.13. The molecule has 1 amide bonds. The van der Waals surface area contributed by atoms with Crippen molar-refractivity contribution in [1.29, 1.82) is 0 Å². The van der Waals surface area contributed by atoms with Crippen molar-refractivity contribution >= 4 is 27.9 Å². The zero-order chi connectivity index (χ0) is 14.7. The number of rotatable bonds is 4. The maximum Gasteiger partial charge on any atom is 0.324 e. The minimum Gasteiger partial charge on any atom is -0.399 e. The van der Waals surface area contributed by atoms with E-state index in [0.717, 1.165) is 16.9 Å². The van der Waals surface area contributed by atoms with E-state index in [-0.39, 0.29) is 17.0 Å². The number of amides is 1. The zero-order valence-electron chi connectivity index (χ0n) is 10.7. The highest BCUT2D eigenvalue weighted by Crippen LogP contribution is 2.23. The molecule has 1 aromatic carbocycles. The van der Waals surface area contributed by atoms with Crippen molar-refractivity contribution in [2.45, 2.75) is 13.0 Å². The summed E-state index contributed by atoms with van der Waals surface area (Å²) in [5.41, 5.74) is 7.46. The first-order valence-corrected chi connectivity index (χ1v) is 6.74. The number of nitro groups is 1. The molecule has 0 aliphatic rings. The van der Waals surface area contributed by atoms with Crippen molar-refractivity contribution in [1.82, 2.24) is 5.32 Å². The normalized spacial score (nSPS) is 11.8. The van der Waals surface area contributed by atoms with E-state index in [4.69, 9.17) is 5.73 Å². The second-order valence-corrected chi connectivity index (χ2v) is 5.18. The van der Waals surface area contributed by atoms with Crippen molar-refractivity contribution in [3.63, 3.8) is 0 Å². The number of benzene rings is 1. The summed E-state index contributed by atoms with van der Waals surface area (Å²) in [6.07, 6.45) is 0. The molecule has 3 N–H and O–H groups in total. The summed E-state index contributed by atoms with van der Waals surface area (Å²) in [6.45, 7) is 1.84. The van der Waals surface area contributed by atoms with Gasteiger partial charge >= 0.3 is 5.00 Å². The molecule has 1 atom stereocenters. The number of carbonyl (C=O) groups excluding carboxylic acids is 1. The Bertz CT molecular complexity index is 637. The van der Waals surface area contributed by atoms with Crippen LogP contribution in [0.3, 0.4) is 0 Å². The Labute approximate surface area is 119 Å². The minimum absolute atomic E-state index is 0.0460. The first kappa shape index (κ1) is 14.0. The van der Waals surface area contributed by atoms with Gasteiger partial charge in [0.2, 0.25) is 0 Å². The van der Waals surface area contributed by atoms with Gasteiger partial charge in [0.15, 0.2) is 0 Å². The molecule has 7 heteroatoms. The quantitative estimate of drug-likeness (QED) is 0.514. The number of nitrogen functional groups attached to an aromatic ring is 1. The smallest absolute Gasteiger partial charge is 0.324 e. The molecule has 20 heavy (non-hydrogen) atoms. The predicted octanol–water partition coefficient (Wildman–Crippen LogP) is 2.73. The van der Waals surface area contributed by atoms with Gasteiger partial charge in [0.1, 0.15) is 0 Å². The lowest BCUT2D eigenvalue weighted by Gasteiger charge is -2.13. The van der Waals surface area contributed by atoms with Crippen LogP contribution in [0.2, 0.25) is 0 Å². The molecular weight excluding hydrogens is 278 g/mol. The highest BCUT2D eigenvalue weighted by Gasteiger charge is 2.17. The van der Waals surface area contributed by atoms with Gasteiger partial charge in [-0.1, -0.05) is 23.5 Å². The van der Waals surface area contributed by atoms with Gasteiger partial charge < -0.3 is 11.1 Å². The van der Waals surface area contributed by atoms with E-state index in [9.17, 15) is 14.9 Å². The number of hydrogen-bond acceptors (Lipinski definition) is 5. The molecule has 6 nitrogen and oxygen atoms in total. The fraction of sp³-hybridized carbons (Fsp3) is 0.154. The average Bonchev–Trinajstić information content (AvgIpc) is 2.89. The number of thiophene rings is 1. The molecule has 0 bridgehead atoms. The Hall–Kier alpha value is -2.41. The van der Waals surface area contributed by atoms with Crippen LogP contribution in [0.4, 0.5) is 10.7 Å². The number of carbonyl (C=O) groups is 1. The van der Waals surface area contributed by atoms with Gasteiger partial charge in [-0.05, 0) is 24.6 Å². The van der Waals surface area contributed by atoms with Gasteiger partial charge in [0.25, 0.3) is 5.91 Å². The number of nitrogens with two attached hydrogens (primary N) is 1. The third-order valence-corrected chi connectivity index (χ3v) is 3.69. The molecule has 2 aromatic rings. The second-order valence-electron chi connectivity index (χ2n) is 4.29. The van der Waals surface area contributed by atoms with E-state index in [2.05, 4.69) is 5.32 Å². The van der Waals surface area contributed by atoms with Gasteiger partial charge in [0.05, 0.1) is 16.5 Å². The largest absolute Gasteiger partial charge is 0.399 e. The number of nitrogens with zero attached hydrogens (tertiary/aromatic N) is 1. The van der Waals surface area contributed by atoms with Crippen LogP contribution in [0.15, 0.2) is 35.7 Å². The molecule has 0 saturated heterocycles. The molecule has 1 heterocycles. The fourth-order valence-electron chi connectivity index (χ4n) is 1.69. The molecule has 0 radical (unpaired) electrons. The summed E-state index contributed by atoms with van der Waals surface area (Å²) in [6, 6.07) is 8.24. The van der Waals surface area contributed by atoms with E-state index in [0.29, 0.717) is 11.3 Å². The third-order valence-electron chi connectivity index (χ3n) is 2.81. The highest BCUT2D eigenvalue weighted by atomic mass is 32.1. The van der Waals surface area contributed by atoms with Crippen LogP contribution < -0.4 is 11.1 Å². The molecule has 0 spiro atoms. The molecule has 1 aromatic heterocycles. The third kappa shape index (κ3) is 3.12. The predicted molar refractivity (Wildman–Crippen MR) is 77.7 cm³/mol. The van der Waals surface area contributed by atoms with Crippen LogP contribution in [0.1, 0.15) is 28.9 Å². The molecule has 0 aliphatic heterocycles. The van der Waals surface area contributed by atoms with Crippen molar-refractivity contribution in [3.8, 4) is 0 Å². The molecule has 0 saturated carbocycles. The topological polar surface area (TPSA) is 98.3 Å². The van der Waals surface area contributed by atoms with Crippen LogP contribution in [0.25, 0.3) is 0 Å². The van der Waals surface area contributed by atoms with E-state index in [1.54, 1.807) is 12.1 Å². The van der Waals surface area contributed by atoms with Gasteiger partial charge in [0, 0.05) is 17.1 Å². The van der Waals surface area contributed by atoms with Gasteiger partial charge in [-0.3, -0.25) is 14.9 Å². The summed E-state index contributed by atoms with van der Waals surface area (Å²) in [7, 11) is 0. The molecule has 0 fully saturated rings. The van der Waals surface area contributed by atoms with E-state index >= 15 is 0 Å². The number of hydrogen-bond donors (Lipinski definition) is 2. The Balaban J connectivity index is 2.06. The van der Waals surface area contributed by atoms with Gasteiger partial charge in [-0.25, -0.2) is 0 Å². The lowest BCUT2D eigenvalue weighted by molar-refractivity contribution is -0.380. The van der Waals surface area contributed by atoms with Crippen LogP contribution in [0, 0.1) is 10.1 Å². The number of nitrogens with one attached hydrogen (secondary N) is 1. The maximum absolute atomic E-state index is 12.0. The molecule has 2 rings (SSSR count). The maximum atomic E-state index is 12.0. The monoisotopic (exact) mass is 291 g/mol. The van der Waals surface area contributed by atoms with Gasteiger partial charge in [-0.15, -0.1) is 0 Å². The average molecular weight is 291 g/mol. The van der Waals surface area contributed by atoms with Crippen molar-refractivity contribution in [2.24, 2.45) is 0 Å². The standard InChI is InChI=1S/C13H13N3O3S/c1-8(9-2-4-11(14)5-3-9)15-13(17)10-6-12(16(18)19)20-7-10/h2-8H,14H2,1H3,(H,15,17). The Morgan fingerprint density at radius 3 is 2.60 bits per heavy atom. The Morgan fingerprint density at radius 1 is 1.40 bits per heavy atom. The number of anilines is 1. The van der Waals surface area contributed by atoms with Crippen LogP contribution in [0.5, 0.6) is 0 Å². The van der Waals surface area contributed by atoms with Crippen LogP contribution >= 0.6 is 11.3 Å². The molecular formula is C13H13N3O3S. The lowest BCUT2D eigenvalue weighted by Crippen LogP contribution is -2.26. The van der Waals surface area contributed by atoms with E-state index < -0.39 is 4.92 Å². The summed E-state index contributed by atoms with van der Waals surface area (Å²) >= 11 is 0.934. The molecule has 104 valence electrons. The molecule has 1 unspecified atom stereocenters. The van der Waals surface area contributed by atoms with Crippen molar-refractivity contribution < 1.29 is 9.72 Å². The SMILES string of the molecule is CC(NC(=O)c1csc([N+](=O)[O-])c1)c1ccc(N)cc1. The van der Waals surface area contributed by atoms with Crippen molar-refractivity contribution in [2.75, 3.05) is 5.73 Å². The van der Waals surface area contributed by atoms with Crippen LogP contribution in [-0.4, -0.2) is 10.8 Å². The Kier molecular flexibility index (Phi) is 3.99. The summed E-state index contributed by atoms with van der Waals surface area (Å²) in [5, 5.41) is 14.8. The van der Waals surface area contributed by atoms with Crippen molar-refractivity contribution in [3.05, 3.63) is 57.0 Å². The second kappa shape index (κ2) is 5.70. The summed E-state index contributed by atoms with van der Waals surface area (Å²) < 4.78 is 0. The van der Waals surface area contributed by atoms with E-state index in [1.807, 2.05) is 19.1 Å². The lowest BCUT2D eigenvalue weighted by atomic mass is 10.1. The van der Waals surface area contributed by atoms with Gasteiger partial charge in [-0.2, -0.15) is 0 Å². The Morgan fingerprint density at radius 2 is 2.05 bits per heavy atom. The first-order chi connectivity index (χ1) is 9.47. The zero-order valence-corrected chi connectivity index (χ0v) is 11.5. The van der Waals surface area contributed by atoms with E-state index in [1.165, 1.54) is 11.4 Å². The summed E-state index contributed by atoms with van der Waals surface area (Å²) in [5.74, 6) is -0.335. The first-order valence-electron chi connectivity index (χ1n) is 5.86. The minimum atomic E-state index is -0.509. The molecule has 0 aliphatic carbocycles. The fourth-order valence-corrected chi connectivity index (χ4v) is 2.39. The summed E-state index contributed by atoms with van der Waals surface area (Å²) in [4.78, 5) is 22.1. The van der Waals surface area contributed by atoms with Crippen LogP contribution in [-0.2, 0) is 0 Å².